The molecule has 0 saturated carbocycles. The molecule has 1 heterocycles. The third kappa shape index (κ3) is 2.49. The lowest BCUT2D eigenvalue weighted by Crippen LogP contribution is -2.23. The molecule has 0 radical (unpaired) electrons. The van der Waals surface area contributed by atoms with E-state index in [1.807, 2.05) is 0 Å². The van der Waals surface area contributed by atoms with Gasteiger partial charge in [-0.05, 0) is 18.1 Å². The molecule has 2 atom stereocenters. The summed E-state index contributed by atoms with van der Waals surface area (Å²) in [6, 6.07) is 3.32. The first-order valence-electron chi connectivity index (χ1n) is 5.82. The summed E-state index contributed by atoms with van der Waals surface area (Å²) in [6.07, 6.45) is 0. The van der Waals surface area contributed by atoms with Crippen LogP contribution in [-0.2, 0) is 4.79 Å². The van der Waals surface area contributed by atoms with Gasteiger partial charge < -0.3 is 10.0 Å². The lowest BCUT2D eigenvalue weighted by Gasteiger charge is -2.17. The number of benzene rings is 1. The van der Waals surface area contributed by atoms with E-state index in [-0.39, 0.29) is 23.8 Å². The van der Waals surface area contributed by atoms with Crippen LogP contribution in [0.1, 0.15) is 6.92 Å². The molecule has 1 aliphatic heterocycles. The highest BCUT2D eigenvalue weighted by Crippen LogP contribution is 2.34. The first-order chi connectivity index (χ1) is 8.90. The van der Waals surface area contributed by atoms with Gasteiger partial charge in [0.05, 0.1) is 16.9 Å². The van der Waals surface area contributed by atoms with Crippen molar-refractivity contribution in [3.63, 3.8) is 0 Å². The summed E-state index contributed by atoms with van der Waals surface area (Å²) in [7, 11) is 0. The van der Waals surface area contributed by atoms with Crippen LogP contribution in [0.5, 0.6) is 0 Å². The van der Waals surface area contributed by atoms with Gasteiger partial charge >= 0.3 is 5.97 Å². The number of carbonyl (C=O) groups is 1. The Bertz CT molecular complexity index is 534. The summed E-state index contributed by atoms with van der Waals surface area (Å²) in [6.45, 7) is 2.39. The van der Waals surface area contributed by atoms with Crippen molar-refractivity contribution in [1.82, 2.24) is 0 Å². The monoisotopic (exact) mass is 268 g/mol. The summed E-state index contributed by atoms with van der Waals surface area (Å²) < 4.78 is 13.1. The highest BCUT2D eigenvalue weighted by molar-refractivity contribution is 5.74. The molecule has 1 fully saturated rings. The van der Waals surface area contributed by atoms with Crippen LogP contribution in [-0.4, -0.2) is 29.1 Å². The zero-order chi connectivity index (χ0) is 14.2. The third-order valence-corrected chi connectivity index (χ3v) is 3.40. The molecule has 0 amide bonds. The van der Waals surface area contributed by atoms with Crippen LogP contribution in [0.15, 0.2) is 18.2 Å². The number of halogens is 1. The molecule has 0 spiro atoms. The van der Waals surface area contributed by atoms with Crippen LogP contribution < -0.4 is 4.90 Å². The van der Waals surface area contributed by atoms with Crippen LogP contribution in [0.3, 0.4) is 0 Å². The zero-order valence-corrected chi connectivity index (χ0v) is 10.2. The van der Waals surface area contributed by atoms with E-state index in [0.717, 1.165) is 12.1 Å². The van der Waals surface area contributed by atoms with E-state index in [0.29, 0.717) is 6.54 Å². The van der Waals surface area contributed by atoms with Crippen LogP contribution in [0.25, 0.3) is 0 Å². The fourth-order valence-electron chi connectivity index (χ4n) is 2.40. The Balaban J connectivity index is 2.33. The zero-order valence-electron chi connectivity index (χ0n) is 10.2. The van der Waals surface area contributed by atoms with Gasteiger partial charge in [-0.2, -0.15) is 0 Å². The molecule has 1 saturated heterocycles. The smallest absolute Gasteiger partial charge is 0.308 e. The molecule has 2 rings (SSSR count). The second-order valence-corrected chi connectivity index (χ2v) is 4.72. The van der Waals surface area contributed by atoms with Gasteiger partial charge in [0.25, 0.3) is 5.69 Å². The lowest BCUT2D eigenvalue weighted by molar-refractivity contribution is -0.384. The van der Waals surface area contributed by atoms with E-state index in [2.05, 4.69) is 0 Å². The molecule has 1 aromatic rings. The highest BCUT2D eigenvalue weighted by Gasteiger charge is 2.37. The molecule has 19 heavy (non-hydrogen) atoms. The summed E-state index contributed by atoms with van der Waals surface area (Å²) in [5.74, 6) is -2.27. The number of rotatable bonds is 3. The molecule has 0 aromatic heterocycles. The first kappa shape index (κ1) is 13.3. The van der Waals surface area contributed by atoms with E-state index in [1.165, 1.54) is 6.07 Å². The van der Waals surface area contributed by atoms with Crippen molar-refractivity contribution in [2.24, 2.45) is 11.8 Å². The number of carboxylic acid groups (broad SMARTS) is 1. The minimum atomic E-state index is -0.917. The number of nitrogens with zero attached hydrogens (tertiary/aromatic N) is 2. The maximum absolute atomic E-state index is 13.1. The minimum Gasteiger partial charge on any atom is -0.481 e. The van der Waals surface area contributed by atoms with Crippen LogP contribution >= 0.6 is 0 Å². The van der Waals surface area contributed by atoms with Crippen molar-refractivity contribution in [2.45, 2.75) is 6.92 Å². The molecule has 6 nitrogen and oxygen atoms in total. The molecular formula is C12H13FN2O4. The van der Waals surface area contributed by atoms with Crippen molar-refractivity contribution in [1.29, 1.82) is 0 Å². The number of anilines is 1. The Hall–Kier alpha value is -2.18. The van der Waals surface area contributed by atoms with E-state index in [1.54, 1.807) is 11.8 Å². The van der Waals surface area contributed by atoms with E-state index in [9.17, 15) is 19.3 Å². The third-order valence-electron chi connectivity index (χ3n) is 3.40. The quantitative estimate of drug-likeness (QED) is 0.668. The second-order valence-electron chi connectivity index (χ2n) is 4.72. The van der Waals surface area contributed by atoms with Gasteiger partial charge in [0.1, 0.15) is 11.5 Å². The minimum absolute atomic E-state index is 0.109. The van der Waals surface area contributed by atoms with Gasteiger partial charge in [0, 0.05) is 13.1 Å². The molecule has 2 unspecified atom stereocenters. The predicted octanol–water partition coefficient (Wildman–Crippen LogP) is 1.89. The summed E-state index contributed by atoms with van der Waals surface area (Å²) in [4.78, 5) is 22.9. The normalized spacial score (nSPS) is 22.5. The molecule has 1 aliphatic rings. The highest BCUT2D eigenvalue weighted by atomic mass is 19.1. The molecule has 1 N–H and O–H groups in total. The van der Waals surface area contributed by atoms with Gasteiger partial charge in [0.15, 0.2) is 0 Å². The van der Waals surface area contributed by atoms with Crippen molar-refractivity contribution >= 4 is 17.3 Å². The standard InChI is InChI=1S/C12H13FN2O4/c1-7-5-14(6-9(7)12(16)17)10-3-2-8(13)4-11(10)15(18)19/h2-4,7,9H,5-6H2,1H3,(H,16,17). The molecule has 0 bridgehead atoms. The summed E-state index contributed by atoms with van der Waals surface area (Å²) >= 11 is 0. The van der Waals surface area contributed by atoms with Crippen molar-refractivity contribution in [3.05, 3.63) is 34.1 Å². The van der Waals surface area contributed by atoms with Crippen molar-refractivity contribution in [3.8, 4) is 0 Å². The number of aliphatic carboxylic acids is 1. The maximum atomic E-state index is 13.1. The van der Waals surface area contributed by atoms with Gasteiger partial charge in [-0.15, -0.1) is 0 Å². The average molecular weight is 268 g/mol. The Morgan fingerprint density at radius 1 is 1.53 bits per heavy atom. The Morgan fingerprint density at radius 3 is 2.74 bits per heavy atom. The molecule has 7 heteroatoms. The number of carboxylic acids is 1. The predicted molar refractivity (Wildman–Crippen MR) is 65.6 cm³/mol. The summed E-state index contributed by atoms with van der Waals surface area (Å²) in [5, 5.41) is 20.0. The van der Waals surface area contributed by atoms with Gasteiger partial charge in [-0.1, -0.05) is 6.92 Å². The summed E-state index contributed by atoms with van der Waals surface area (Å²) in [5.41, 5.74) is -0.0692. The van der Waals surface area contributed by atoms with Gasteiger partial charge in [0.2, 0.25) is 0 Å². The average Bonchev–Trinajstić information content (AvgIpc) is 2.71. The molecular weight excluding hydrogens is 255 g/mol. The fourth-order valence-corrected chi connectivity index (χ4v) is 2.40. The van der Waals surface area contributed by atoms with Crippen LogP contribution in [0, 0.1) is 27.8 Å². The molecule has 0 aliphatic carbocycles. The Labute approximate surface area is 108 Å². The van der Waals surface area contributed by atoms with E-state index >= 15 is 0 Å². The van der Waals surface area contributed by atoms with Crippen molar-refractivity contribution in [2.75, 3.05) is 18.0 Å². The van der Waals surface area contributed by atoms with E-state index in [4.69, 9.17) is 5.11 Å². The number of nitro groups is 1. The van der Waals surface area contributed by atoms with Gasteiger partial charge in [-0.25, -0.2) is 4.39 Å². The Kier molecular flexibility index (Phi) is 3.37. The topological polar surface area (TPSA) is 83.7 Å². The number of nitro benzene ring substituents is 1. The number of hydrogen-bond acceptors (Lipinski definition) is 4. The van der Waals surface area contributed by atoms with Crippen molar-refractivity contribution < 1.29 is 19.2 Å². The first-order valence-corrected chi connectivity index (χ1v) is 5.82. The second kappa shape index (κ2) is 4.83. The van der Waals surface area contributed by atoms with E-state index < -0.39 is 22.6 Å². The van der Waals surface area contributed by atoms with Crippen LogP contribution in [0.2, 0.25) is 0 Å². The maximum Gasteiger partial charge on any atom is 0.308 e. The Morgan fingerprint density at radius 2 is 2.21 bits per heavy atom. The lowest BCUT2D eigenvalue weighted by atomic mass is 9.99. The van der Waals surface area contributed by atoms with Crippen LogP contribution in [0.4, 0.5) is 15.8 Å². The van der Waals surface area contributed by atoms with Gasteiger partial charge in [-0.3, -0.25) is 14.9 Å². The fraction of sp³-hybridized carbons (Fsp3) is 0.417. The largest absolute Gasteiger partial charge is 0.481 e. The number of hydrogen-bond donors (Lipinski definition) is 1. The molecule has 1 aromatic carbocycles. The molecule has 102 valence electrons. The SMILES string of the molecule is CC1CN(c2ccc(F)cc2[N+](=O)[O-])CC1C(=O)O.